The van der Waals surface area contributed by atoms with Gasteiger partial charge >= 0.3 is 0 Å². The van der Waals surface area contributed by atoms with E-state index in [9.17, 15) is 10.5 Å². The van der Waals surface area contributed by atoms with Crippen molar-refractivity contribution < 1.29 is 0 Å². The normalized spacial score (nSPS) is 16.3. The number of nitrogens with zero attached hydrogens (tertiary/aromatic N) is 4. The molecule has 0 bridgehead atoms. The van der Waals surface area contributed by atoms with Crippen molar-refractivity contribution in [2.75, 3.05) is 0 Å². The van der Waals surface area contributed by atoms with Crippen molar-refractivity contribution in [2.24, 2.45) is 15.6 Å². The molecule has 1 aliphatic rings. The van der Waals surface area contributed by atoms with Crippen LogP contribution in [0.25, 0.3) is 0 Å². The maximum absolute atomic E-state index is 9.61. The molecule has 2 aromatic rings. The summed E-state index contributed by atoms with van der Waals surface area (Å²) in [6.45, 7) is 0. The predicted molar refractivity (Wildman–Crippen MR) is 88.9 cm³/mol. The highest BCUT2D eigenvalue weighted by Crippen LogP contribution is 2.31. The molecule has 0 spiro atoms. The maximum Gasteiger partial charge on any atom is 0.155 e. The number of nitriles is 2. The lowest BCUT2D eigenvalue weighted by atomic mass is 9.79. The predicted octanol–water partition coefficient (Wildman–Crippen LogP) is 3.71. The number of rotatable bonds is 2. The molecular formula is C19H14N4. The lowest BCUT2D eigenvalue weighted by Crippen LogP contribution is -2.23. The van der Waals surface area contributed by atoms with Crippen LogP contribution in [0, 0.1) is 28.1 Å². The van der Waals surface area contributed by atoms with Crippen molar-refractivity contribution in [2.45, 2.75) is 12.8 Å². The molecular weight excluding hydrogens is 284 g/mol. The highest BCUT2D eigenvalue weighted by atomic mass is 15.2. The van der Waals surface area contributed by atoms with Crippen LogP contribution in [0.15, 0.2) is 70.9 Å². The molecule has 1 heterocycles. The van der Waals surface area contributed by atoms with Gasteiger partial charge < -0.3 is 0 Å². The fourth-order valence-electron chi connectivity index (χ4n) is 2.59. The summed E-state index contributed by atoms with van der Waals surface area (Å²) in [6.07, 6.45) is 0.535. The fourth-order valence-corrected chi connectivity index (χ4v) is 2.59. The second kappa shape index (κ2) is 6.25. The molecule has 4 heteroatoms. The van der Waals surface area contributed by atoms with Crippen molar-refractivity contribution in [3.05, 3.63) is 71.8 Å². The highest BCUT2D eigenvalue weighted by Gasteiger charge is 2.36. The van der Waals surface area contributed by atoms with Crippen molar-refractivity contribution in [1.82, 2.24) is 0 Å². The Labute approximate surface area is 135 Å². The summed E-state index contributed by atoms with van der Waals surface area (Å²) >= 11 is 0. The first-order valence-electron chi connectivity index (χ1n) is 7.33. The first kappa shape index (κ1) is 14.7. The summed E-state index contributed by atoms with van der Waals surface area (Å²) in [4.78, 5) is 0. The molecule has 110 valence electrons. The van der Waals surface area contributed by atoms with Crippen LogP contribution in [0.4, 0.5) is 0 Å². The van der Waals surface area contributed by atoms with Crippen LogP contribution in [0.5, 0.6) is 0 Å². The molecule has 0 unspecified atom stereocenters. The zero-order valence-electron chi connectivity index (χ0n) is 12.5. The molecule has 0 radical (unpaired) electrons. The minimum absolute atomic E-state index is 0.268. The molecule has 0 amide bonds. The summed E-state index contributed by atoms with van der Waals surface area (Å²) < 4.78 is 0. The van der Waals surface area contributed by atoms with E-state index in [1.807, 2.05) is 60.7 Å². The van der Waals surface area contributed by atoms with E-state index in [1.165, 1.54) is 0 Å². The van der Waals surface area contributed by atoms with Crippen LogP contribution in [0.2, 0.25) is 0 Å². The molecule has 0 fully saturated rings. The summed E-state index contributed by atoms with van der Waals surface area (Å²) in [6, 6.07) is 23.5. The van der Waals surface area contributed by atoms with Gasteiger partial charge in [0, 0.05) is 12.8 Å². The first-order chi connectivity index (χ1) is 11.3. The standard InChI is InChI=1S/C19H14N4/c20-13-19(14-21)11-17(15-7-3-1-4-8-15)22-23-18(12-19)16-9-5-2-6-10-16/h1-10H,11-12H2. The van der Waals surface area contributed by atoms with Gasteiger partial charge in [-0.2, -0.15) is 20.7 Å². The van der Waals surface area contributed by atoms with E-state index in [0.29, 0.717) is 11.4 Å². The number of hydrogen-bond donors (Lipinski definition) is 0. The third-order valence-corrected chi connectivity index (χ3v) is 3.87. The van der Waals surface area contributed by atoms with Crippen LogP contribution in [-0.4, -0.2) is 11.4 Å². The zero-order valence-corrected chi connectivity index (χ0v) is 12.5. The van der Waals surface area contributed by atoms with E-state index in [1.54, 1.807) is 0 Å². The quantitative estimate of drug-likeness (QED) is 0.847. The van der Waals surface area contributed by atoms with Gasteiger partial charge in [0.25, 0.3) is 0 Å². The third-order valence-electron chi connectivity index (χ3n) is 3.87. The number of benzene rings is 2. The Morgan fingerprint density at radius 2 is 1.09 bits per heavy atom. The molecule has 0 aliphatic carbocycles. The smallest absolute Gasteiger partial charge is 0.155 e. The Balaban J connectivity index is 2.09. The van der Waals surface area contributed by atoms with Crippen LogP contribution >= 0.6 is 0 Å². The summed E-state index contributed by atoms with van der Waals surface area (Å²) in [5.41, 5.74) is 1.96. The zero-order chi connectivity index (χ0) is 16.1. The molecule has 0 atom stereocenters. The molecule has 0 aromatic heterocycles. The van der Waals surface area contributed by atoms with Gasteiger partial charge in [-0.15, -0.1) is 0 Å². The van der Waals surface area contributed by atoms with Gasteiger partial charge in [0.05, 0.1) is 23.6 Å². The van der Waals surface area contributed by atoms with Crippen molar-refractivity contribution in [3.63, 3.8) is 0 Å². The third kappa shape index (κ3) is 3.02. The largest absolute Gasteiger partial charge is 0.197 e. The van der Waals surface area contributed by atoms with Crippen molar-refractivity contribution >= 4 is 11.4 Å². The lowest BCUT2D eigenvalue weighted by Gasteiger charge is -2.17. The van der Waals surface area contributed by atoms with E-state index in [2.05, 4.69) is 22.3 Å². The van der Waals surface area contributed by atoms with Crippen molar-refractivity contribution in [1.29, 1.82) is 10.5 Å². The molecule has 4 nitrogen and oxygen atoms in total. The fraction of sp³-hybridized carbons (Fsp3) is 0.158. The van der Waals surface area contributed by atoms with Gasteiger partial charge in [-0.05, 0) is 11.1 Å². The van der Waals surface area contributed by atoms with E-state index in [0.717, 1.165) is 11.1 Å². The van der Waals surface area contributed by atoms with Gasteiger partial charge in [-0.1, -0.05) is 60.7 Å². The topological polar surface area (TPSA) is 72.3 Å². The van der Waals surface area contributed by atoms with Gasteiger partial charge in [0.1, 0.15) is 0 Å². The van der Waals surface area contributed by atoms with Crippen LogP contribution in [0.1, 0.15) is 24.0 Å². The van der Waals surface area contributed by atoms with Crippen LogP contribution in [-0.2, 0) is 0 Å². The molecule has 0 N–H and O–H groups in total. The van der Waals surface area contributed by atoms with E-state index in [4.69, 9.17) is 0 Å². The minimum Gasteiger partial charge on any atom is -0.197 e. The Morgan fingerprint density at radius 3 is 1.43 bits per heavy atom. The molecule has 3 rings (SSSR count). The second-order valence-electron chi connectivity index (χ2n) is 5.48. The van der Waals surface area contributed by atoms with Gasteiger partial charge in [-0.25, -0.2) is 0 Å². The lowest BCUT2D eigenvalue weighted by molar-refractivity contribution is 0.575. The average Bonchev–Trinajstić information content (AvgIpc) is 2.84. The summed E-state index contributed by atoms with van der Waals surface area (Å²) in [7, 11) is 0. The van der Waals surface area contributed by atoms with E-state index < -0.39 is 5.41 Å². The van der Waals surface area contributed by atoms with Crippen LogP contribution in [0.3, 0.4) is 0 Å². The van der Waals surface area contributed by atoms with Gasteiger partial charge in [0.15, 0.2) is 5.41 Å². The molecule has 0 saturated heterocycles. The SMILES string of the molecule is N#CC1(C#N)CC(c2ccccc2)=NN=C(c2ccccc2)C1. The maximum atomic E-state index is 9.61. The van der Waals surface area contributed by atoms with E-state index in [-0.39, 0.29) is 12.8 Å². The van der Waals surface area contributed by atoms with Crippen molar-refractivity contribution in [3.8, 4) is 12.1 Å². The number of hydrogen-bond acceptors (Lipinski definition) is 4. The average molecular weight is 298 g/mol. The summed E-state index contributed by atoms with van der Waals surface area (Å²) in [5.74, 6) is 0. The van der Waals surface area contributed by atoms with E-state index >= 15 is 0 Å². The van der Waals surface area contributed by atoms with Crippen LogP contribution < -0.4 is 0 Å². The molecule has 2 aromatic carbocycles. The highest BCUT2D eigenvalue weighted by molar-refractivity contribution is 6.06. The monoisotopic (exact) mass is 298 g/mol. The molecule has 1 aliphatic heterocycles. The Bertz CT molecular complexity index is 763. The summed E-state index contributed by atoms with van der Waals surface area (Å²) in [5, 5.41) is 27.9. The Hall–Kier alpha value is -3.24. The van der Waals surface area contributed by atoms with Gasteiger partial charge in [0.2, 0.25) is 0 Å². The molecule has 23 heavy (non-hydrogen) atoms. The first-order valence-corrected chi connectivity index (χ1v) is 7.33. The van der Waals surface area contributed by atoms with Gasteiger partial charge in [-0.3, -0.25) is 0 Å². The second-order valence-corrected chi connectivity index (χ2v) is 5.48. The molecule has 0 saturated carbocycles. The minimum atomic E-state index is -1.15. The Morgan fingerprint density at radius 1 is 0.696 bits per heavy atom. The Kier molecular flexibility index (Phi) is 3.99.